The molecular weight excluding hydrogens is 478 g/mol. The number of hydrogen-bond acceptors (Lipinski definition) is 2. The van der Waals surface area contributed by atoms with E-state index in [9.17, 15) is 9.59 Å². The van der Waals surface area contributed by atoms with Gasteiger partial charge in [-0.3, -0.25) is 9.59 Å². The van der Waals surface area contributed by atoms with E-state index in [4.69, 9.17) is 46.4 Å². The lowest BCUT2D eigenvalue weighted by atomic mass is 10.2. The Balaban J connectivity index is 1.56. The molecule has 2 N–H and O–H groups in total. The summed E-state index contributed by atoms with van der Waals surface area (Å²) in [7, 11) is 0. The SMILES string of the molecule is O=C(C=Cc1ccc(Cl)c(Cl)c1)NCCCCCNC(=O)C=Cc1ccc(Cl)c(Cl)c1. The highest BCUT2D eigenvalue weighted by molar-refractivity contribution is 6.42. The highest BCUT2D eigenvalue weighted by Crippen LogP contribution is 2.23. The molecule has 2 aromatic carbocycles. The lowest BCUT2D eigenvalue weighted by Gasteiger charge is -2.04. The highest BCUT2D eigenvalue weighted by Gasteiger charge is 2.00. The van der Waals surface area contributed by atoms with E-state index in [1.807, 2.05) is 0 Å². The molecule has 0 spiro atoms. The maximum Gasteiger partial charge on any atom is 0.243 e. The van der Waals surface area contributed by atoms with Crippen LogP contribution in [0.3, 0.4) is 0 Å². The second-order valence-corrected chi connectivity index (χ2v) is 8.29. The number of nitrogens with one attached hydrogen (secondary N) is 2. The fraction of sp³-hybridized carbons (Fsp3) is 0.217. The van der Waals surface area contributed by atoms with Crippen LogP contribution >= 0.6 is 46.4 Å². The molecule has 0 saturated carbocycles. The third kappa shape index (κ3) is 9.79. The quantitative estimate of drug-likeness (QED) is 0.292. The van der Waals surface area contributed by atoms with Crippen molar-refractivity contribution < 1.29 is 9.59 Å². The van der Waals surface area contributed by atoms with Crippen LogP contribution in [0, 0.1) is 0 Å². The fourth-order valence-electron chi connectivity index (χ4n) is 2.54. The van der Waals surface area contributed by atoms with Crippen molar-refractivity contribution in [2.24, 2.45) is 0 Å². The number of benzene rings is 2. The van der Waals surface area contributed by atoms with Gasteiger partial charge in [0.25, 0.3) is 0 Å². The minimum atomic E-state index is -0.174. The number of rotatable bonds is 10. The molecule has 0 unspecified atom stereocenters. The van der Waals surface area contributed by atoms with E-state index in [1.165, 1.54) is 12.2 Å². The third-order valence-electron chi connectivity index (χ3n) is 4.19. The first kappa shape index (κ1) is 25.3. The van der Waals surface area contributed by atoms with E-state index < -0.39 is 0 Å². The number of amides is 2. The predicted molar refractivity (Wildman–Crippen MR) is 131 cm³/mol. The van der Waals surface area contributed by atoms with E-state index in [0.29, 0.717) is 33.2 Å². The molecular formula is C23H22Cl4N2O2. The van der Waals surface area contributed by atoms with Gasteiger partial charge in [0.1, 0.15) is 0 Å². The normalized spacial score (nSPS) is 11.2. The van der Waals surface area contributed by atoms with Crippen LogP contribution in [-0.4, -0.2) is 24.9 Å². The Morgan fingerprint density at radius 2 is 1.06 bits per heavy atom. The number of halogens is 4. The van der Waals surface area contributed by atoms with E-state index in [-0.39, 0.29) is 11.8 Å². The van der Waals surface area contributed by atoms with Gasteiger partial charge in [-0.2, -0.15) is 0 Å². The van der Waals surface area contributed by atoms with Gasteiger partial charge in [-0.05, 0) is 66.8 Å². The first-order valence-corrected chi connectivity index (χ1v) is 11.2. The molecule has 0 fully saturated rings. The molecule has 0 bridgehead atoms. The van der Waals surface area contributed by atoms with E-state index in [2.05, 4.69) is 10.6 Å². The number of carbonyl (C=O) groups excluding carboxylic acids is 2. The van der Waals surface area contributed by atoms with Crippen LogP contribution in [-0.2, 0) is 9.59 Å². The summed E-state index contributed by atoms with van der Waals surface area (Å²) in [5, 5.41) is 7.48. The zero-order valence-electron chi connectivity index (χ0n) is 16.6. The minimum absolute atomic E-state index is 0.174. The van der Waals surface area contributed by atoms with Crippen LogP contribution in [0.4, 0.5) is 0 Å². The van der Waals surface area contributed by atoms with E-state index in [1.54, 1.807) is 48.6 Å². The van der Waals surface area contributed by atoms with Crippen LogP contribution in [0.15, 0.2) is 48.6 Å². The second-order valence-electron chi connectivity index (χ2n) is 6.66. The van der Waals surface area contributed by atoms with Gasteiger partial charge in [0.2, 0.25) is 11.8 Å². The third-order valence-corrected chi connectivity index (χ3v) is 5.67. The molecule has 8 heteroatoms. The summed E-state index contributed by atoms with van der Waals surface area (Å²) >= 11 is 23.6. The smallest absolute Gasteiger partial charge is 0.243 e. The Hall–Kier alpha value is -1.98. The Morgan fingerprint density at radius 3 is 1.45 bits per heavy atom. The van der Waals surface area contributed by atoms with Gasteiger partial charge in [0, 0.05) is 25.2 Å². The molecule has 0 atom stereocenters. The summed E-state index contributed by atoms with van der Waals surface area (Å²) in [5.41, 5.74) is 1.60. The van der Waals surface area contributed by atoms with Crippen LogP contribution in [0.2, 0.25) is 20.1 Å². The zero-order valence-corrected chi connectivity index (χ0v) is 19.7. The Labute approximate surface area is 202 Å². The van der Waals surface area contributed by atoms with Gasteiger partial charge in [-0.15, -0.1) is 0 Å². The maximum absolute atomic E-state index is 11.8. The topological polar surface area (TPSA) is 58.2 Å². The van der Waals surface area contributed by atoms with Gasteiger partial charge in [0.15, 0.2) is 0 Å². The first-order chi connectivity index (χ1) is 14.8. The number of unbranched alkanes of at least 4 members (excludes halogenated alkanes) is 2. The molecule has 164 valence electrons. The largest absolute Gasteiger partial charge is 0.353 e. The Bertz CT molecular complexity index is 897. The van der Waals surface area contributed by atoms with Crippen LogP contribution < -0.4 is 10.6 Å². The lowest BCUT2D eigenvalue weighted by molar-refractivity contribution is -0.117. The van der Waals surface area contributed by atoms with Crippen molar-refractivity contribution in [2.45, 2.75) is 19.3 Å². The molecule has 4 nitrogen and oxygen atoms in total. The second kappa shape index (κ2) is 13.4. The lowest BCUT2D eigenvalue weighted by Crippen LogP contribution is -2.23. The molecule has 0 saturated heterocycles. The summed E-state index contributed by atoms with van der Waals surface area (Å²) in [4.78, 5) is 23.7. The summed E-state index contributed by atoms with van der Waals surface area (Å²) in [6.07, 6.45) is 8.80. The van der Waals surface area contributed by atoms with Gasteiger partial charge in [-0.25, -0.2) is 0 Å². The maximum atomic E-state index is 11.8. The van der Waals surface area contributed by atoms with Crippen molar-refractivity contribution in [3.63, 3.8) is 0 Å². The van der Waals surface area contributed by atoms with Crippen LogP contribution in [0.1, 0.15) is 30.4 Å². The molecule has 2 rings (SSSR count). The molecule has 0 aliphatic carbocycles. The fourth-order valence-corrected chi connectivity index (χ4v) is 3.16. The first-order valence-electron chi connectivity index (χ1n) is 9.67. The average Bonchev–Trinajstić information content (AvgIpc) is 2.74. The predicted octanol–water partition coefficient (Wildman–Crippen LogP) is 6.43. The van der Waals surface area contributed by atoms with Crippen molar-refractivity contribution >= 4 is 70.4 Å². The molecule has 0 aliphatic rings. The zero-order chi connectivity index (χ0) is 22.6. The van der Waals surface area contributed by atoms with Crippen molar-refractivity contribution in [1.29, 1.82) is 0 Å². The van der Waals surface area contributed by atoms with Crippen LogP contribution in [0.5, 0.6) is 0 Å². The average molecular weight is 500 g/mol. The monoisotopic (exact) mass is 498 g/mol. The Morgan fingerprint density at radius 1 is 0.645 bits per heavy atom. The molecule has 31 heavy (non-hydrogen) atoms. The number of hydrogen-bond donors (Lipinski definition) is 2. The van der Waals surface area contributed by atoms with Crippen LogP contribution in [0.25, 0.3) is 12.2 Å². The number of carbonyl (C=O) groups is 2. The van der Waals surface area contributed by atoms with Crippen molar-refractivity contribution in [3.8, 4) is 0 Å². The summed E-state index contributed by atoms with van der Waals surface area (Å²) in [6, 6.07) is 10.3. The molecule has 0 heterocycles. The van der Waals surface area contributed by atoms with E-state index in [0.717, 1.165) is 30.4 Å². The van der Waals surface area contributed by atoms with Crippen molar-refractivity contribution in [2.75, 3.05) is 13.1 Å². The molecule has 0 aromatic heterocycles. The van der Waals surface area contributed by atoms with Crippen molar-refractivity contribution in [1.82, 2.24) is 10.6 Å². The van der Waals surface area contributed by atoms with E-state index >= 15 is 0 Å². The van der Waals surface area contributed by atoms with Crippen molar-refractivity contribution in [3.05, 3.63) is 79.8 Å². The standard InChI is InChI=1S/C23H22Cl4N2O2/c24-18-8-4-16(14-20(18)26)6-10-22(30)28-12-2-1-3-13-29-23(31)11-7-17-5-9-19(25)21(27)15-17/h4-11,14-15H,1-3,12-13H2,(H,28,30)(H,29,31). The molecule has 0 aliphatic heterocycles. The van der Waals surface area contributed by atoms with Gasteiger partial charge in [-0.1, -0.05) is 58.5 Å². The Kier molecular flexibility index (Phi) is 11.0. The summed E-state index contributed by atoms with van der Waals surface area (Å²) in [6.45, 7) is 1.13. The highest BCUT2D eigenvalue weighted by atomic mass is 35.5. The van der Waals surface area contributed by atoms with Gasteiger partial charge >= 0.3 is 0 Å². The molecule has 0 radical (unpaired) electrons. The molecule has 2 aromatic rings. The van der Waals surface area contributed by atoms with Gasteiger partial charge < -0.3 is 10.6 Å². The summed E-state index contributed by atoms with van der Waals surface area (Å²) < 4.78 is 0. The van der Waals surface area contributed by atoms with Gasteiger partial charge in [0.05, 0.1) is 20.1 Å². The minimum Gasteiger partial charge on any atom is -0.353 e. The summed E-state index contributed by atoms with van der Waals surface area (Å²) in [5.74, 6) is -0.348. The molecule has 2 amide bonds.